The summed E-state index contributed by atoms with van der Waals surface area (Å²) in [5.74, 6) is -0.486. The summed E-state index contributed by atoms with van der Waals surface area (Å²) in [5, 5.41) is 6.70. The number of nitrogens with one attached hydrogen (secondary N) is 1. The van der Waals surface area contributed by atoms with Gasteiger partial charge in [0, 0.05) is 11.3 Å². The van der Waals surface area contributed by atoms with Crippen LogP contribution in [0.2, 0.25) is 0 Å². The first-order chi connectivity index (χ1) is 10.1. The first kappa shape index (κ1) is 15.7. The minimum absolute atomic E-state index is 0.0711. The number of methoxy groups -OCH3 is 1. The number of hydrogen-bond acceptors (Lipinski definition) is 5. The Morgan fingerprint density at radius 2 is 2.14 bits per heavy atom. The summed E-state index contributed by atoms with van der Waals surface area (Å²) in [6, 6.07) is 4.08. The maximum Gasteiger partial charge on any atom is 0.350 e. The Morgan fingerprint density at radius 1 is 1.33 bits per heavy atom. The van der Waals surface area contributed by atoms with Crippen molar-refractivity contribution in [3.63, 3.8) is 0 Å². The number of thiophene rings is 2. The van der Waals surface area contributed by atoms with E-state index in [0.717, 1.165) is 18.4 Å². The molecule has 0 aliphatic carbocycles. The lowest BCUT2D eigenvalue weighted by molar-refractivity contribution is -0.116. The van der Waals surface area contributed by atoms with E-state index in [1.54, 1.807) is 11.3 Å². The lowest BCUT2D eigenvalue weighted by Crippen LogP contribution is -2.14. The monoisotopic (exact) mass is 323 g/mol. The van der Waals surface area contributed by atoms with E-state index in [2.05, 4.69) is 11.4 Å². The number of ether oxygens (including phenoxy) is 1. The van der Waals surface area contributed by atoms with E-state index in [-0.39, 0.29) is 5.91 Å². The Labute approximate surface area is 131 Å². The Morgan fingerprint density at radius 3 is 2.81 bits per heavy atom. The molecular formula is C15H17NO3S2. The van der Waals surface area contributed by atoms with E-state index < -0.39 is 5.97 Å². The summed E-state index contributed by atoms with van der Waals surface area (Å²) in [5.41, 5.74) is 1.46. The highest BCUT2D eigenvalue weighted by atomic mass is 32.1. The summed E-state index contributed by atoms with van der Waals surface area (Å²) in [6.45, 7) is 1.87. The van der Waals surface area contributed by atoms with Crippen LogP contribution in [0.1, 0.15) is 33.0 Å². The molecule has 2 rings (SSSR count). The molecule has 0 bridgehead atoms. The maximum atomic E-state index is 12.0. The second-order valence-electron chi connectivity index (χ2n) is 4.60. The molecule has 0 aliphatic heterocycles. The summed E-state index contributed by atoms with van der Waals surface area (Å²) in [6.07, 6.45) is 2.13. The number of carbonyl (C=O) groups is 2. The van der Waals surface area contributed by atoms with E-state index in [4.69, 9.17) is 4.74 Å². The van der Waals surface area contributed by atoms with Crippen molar-refractivity contribution in [2.75, 3.05) is 12.4 Å². The lowest BCUT2D eigenvalue weighted by Gasteiger charge is -2.07. The molecule has 2 aromatic rings. The van der Waals surface area contributed by atoms with Gasteiger partial charge in [-0.3, -0.25) is 4.79 Å². The molecule has 0 unspecified atom stereocenters. The smallest absolute Gasteiger partial charge is 0.350 e. The van der Waals surface area contributed by atoms with Crippen LogP contribution in [0.15, 0.2) is 22.9 Å². The van der Waals surface area contributed by atoms with Crippen molar-refractivity contribution < 1.29 is 14.3 Å². The molecule has 0 spiro atoms. The zero-order chi connectivity index (χ0) is 15.2. The minimum Gasteiger partial charge on any atom is -0.465 e. The summed E-state index contributed by atoms with van der Waals surface area (Å²) >= 11 is 2.99. The third-order valence-electron chi connectivity index (χ3n) is 3.02. The summed E-state index contributed by atoms with van der Waals surface area (Å²) in [7, 11) is 1.34. The fraction of sp³-hybridized carbons (Fsp3) is 0.333. The molecule has 0 saturated carbocycles. The van der Waals surface area contributed by atoms with Gasteiger partial charge in [0.15, 0.2) is 0 Å². The molecule has 21 heavy (non-hydrogen) atoms. The molecule has 0 saturated heterocycles. The van der Waals surface area contributed by atoms with Crippen LogP contribution in [-0.2, 0) is 16.0 Å². The standard InChI is InChI=1S/C15H17NO3S2/c1-10-9-21-14(15(18)19-2)13(10)16-12(17)7-3-5-11-6-4-8-20-11/h4,6,8-9H,3,5,7H2,1-2H3,(H,16,17). The number of anilines is 1. The third-order valence-corrected chi connectivity index (χ3v) is 5.03. The molecule has 0 fully saturated rings. The zero-order valence-electron chi connectivity index (χ0n) is 12.0. The average molecular weight is 323 g/mol. The second kappa shape index (κ2) is 7.38. The first-order valence-corrected chi connectivity index (χ1v) is 8.36. The molecule has 0 radical (unpaired) electrons. The van der Waals surface area contributed by atoms with Crippen LogP contribution in [0.4, 0.5) is 5.69 Å². The Hall–Kier alpha value is -1.66. The van der Waals surface area contributed by atoms with Crippen LogP contribution in [-0.4, -0.2) is 19.0 Å². The van der Waals surface area contributed by atoms with Crippen molar-refractivity contribution in [3.05, 3.63) is 38.2 Å². The number of esters is 1. The Balaban J connectivity index is 1.90. The van der Waals surface area contributed by atoms with Gasteiger partial charge in [-0.05, 0) is 42.2 Å². The fourth-order valence-electron chi connectivity index (χ4n) is 1.92. The van der Waals surface area contributed by atoms with Crippen molar-refractivity contribution in [2.24, 2.45) is 0 Å². The molecule has 2 heterocycles. The van der Waals surface area contributed by atoms with Gasteiger partial charge in [0.05, 0.1) is 12.8 Å². The largest absolute Gasteiger partial charge is 0.465 e. The van der Waals surface area contributed by atoms with E-state index in [1.807, 2.05) is 23.8 Å². The van der Waals surface area contributed by atoms with Gasteiger partial charge in [0.2, 0.25) is 5.91 Å². The van der Waals surface area contributed by atoms with E-state index in [1.165, 1.54) is 23.3 Å². The van der Waals surface area contributed by atoms with Gasteiger partial charge in [-0.15, -0.1) is 22.7 Å². The van der Waals surface area contributed by atoms with Gasteiger partial charge in [0.1, 0.15) is 4.88 Å². The van der Waals surface area contributed by atoms with Gasteiger partial charge in [-0.2, -0.15) is 0 Å². The van der Waals surface area contributed by atoms with Crippen molar-refractivity contribution in [3.8, 4) is 0 Å². The molecule has 0 atom stereocenters. The van der Waals surface area contributed by atoms with Crippen LogP contribution in [0, 0.1) is 6.92 Å². The van der Waals surface area contributed by atoms with Gasteiger partial charge in [-0.1, -0.05) is 6.07 Å². The maximum absolute atomic E-state index is 12.0. The summed E-state index contributed by atoms with van der Waals surface area (Å²) in [4.78, 5) is 25.4. The fourth-order valence-corrected chi connectivity index (χ4v) is 3.60. The van der Waals surface area contributed by atoms with Crippen LogP contribution in [0.3, 0.4) is 0 Å². The summed E-state index contributed by atoms with van der Waals surface area (Å²) < 4.78 is 4.72. The number of amides is 1. The Bertz CT molecular complexity index is 617. The van der Waals surface area contributed by atoms with Crippen LogP contribution in [0.25, 0.3) is 0 Å². The molecule has 0 aliphatic rings. The third kappa shape index (κ3) is 4.15. The minimum atomic E-state index is -0.415. The molecule has 112 valence electrons. The number of rotatable bonds is 6. The number of carbonyl (C=O) groups excluding carboxylic acids is 2. The van der Waals surface area contributed by atoms with Crippen molar-refractivity contribution in [1.82, 2.24) is 0 Å². The average Bonchev–Trinajstić information content (AvgIpc) is 3.09. The van der Waals surface area contributed by atoms with Gasteiger partial charge in [0.25, 0.3) is 0 Å². The van der Waals surface area contributed by atoms with E-state index >= 15 is 0 Å². The predicted molar refractivity (Wildman–Crippen MR) is 86.3 cm³/mol. The normalized spacial score (nSPS) is 10.4. The molecule has 2 aromatic heterocycles. The van der Waals surface area contributed by atoms with E-state index in [9.17, 15) is 9.59 Å². The Kier molecular flexibility index (Phi) is 5.52. The molecular weight excluding hydrogens is 306 g/mol. The highest BCUT2D eigenvalue weighted by Gasteiger charge is 2.18. The highest BCUT2D eigenvalue weighted by molar-refractivity contribution is 7.12. The molecule has 4 nitrogen and oxygen atoms in total. The molecule has 1 amide bonds. The molecule has 6 heteroatoms. The van der Waals surface area contributed by atoms with Gasteiger partial charge in [-0.25, -0.2) is 4.79 Å². The SMILES string of the molecule is COC(=O)c1scc(C)c1NC(=O)CCCc1cccs1. The van der Waals surface area contributed by atoms with Crippen molar-refractivity contribution in [1.29, 1.82) is 0 Å². The number of hydrogen-bond donors (Lipinski definition) is 1. The van der Waals surface area contributed by atoms with Gasteiger partial charge < -0.3 is 10.1 Å². The van der Waals surface area contributed by atoms with Crippen molar-refractivity contribution in [2.45, 2.75) is 26.2 Å². The van der Waals surface area contributed by atoms with Crippen molar-refractivity contribution >= 4 is 40.2 Å². The zero-order valence-corrected chi connectivity index (χ0v) is 13.6. The molecule has 1 N–H and O–H groups in total. The first-order valence-electron chi connectivity index (χ1n) is 6.60. The topological polar surface area (TPSA) is 55.4 Å². The van der Waals surface area contributed by atoms with Crippen LogP contribution < -0.4 is 5.32 Å². The number of aryl methyl sites for hydroxylation is 2. The second-order valence-corrected chi connectivity index (χ2v) is 6.51. The lowest BCUT2D eigenvalue weighted by atomic mass is 10.2. The quantitative estimate of drug-likeness (QED) is 0.821. The predicted octanol–water partition coefficient (Wildman–Crippen LogP) is 3.87. The van der Waals surface area contributed by atoms with E-state index in [0.29, 0.717) is 17.0 Å². The van der Waals surface area contributed by atoms with Crippen LogP contribution >= 0.6 is 22.7 Å². The molecule has 0 aromatic carbocycles. The highest BCUT2D eigenvalue weighted by Crippen LogP contribution is 2.28. The van der Waals surface area contributed by atoms with Crippen LogP contribution in [0.5, 0.6) is 0 Å². The van der Waals surface area contributed by atoms with Gasteiger partial charge >= 0.3 is 5.97 Å².